The molecular formula is C12H10O2. The van der Waals surface area contributed by atoms with Gasteiger partial charge < -0.3 is 4.42 Å². The maximum Gasteiger partial charge on any atom is 0.150 e. The summed E-state index contributed by atoms with van der Waals surface area (Å²) in [7, 11) is 0. The summed E-state index contributed by atoms with van der Waals surface area (Å²) in [6, 6.07) is 9.38. The number of aryl methyl sites for hydroxylation is 1. The van der Waals surface area contributed by atoms with E-state index >= 15 is 0 Å². The third-order valence-corrected chi connectivity index (χ3v) is 2.20. The first-order valence-electron chi connectivity index (χ1n) is 4.41. The molecule has 0 saturated heterocycles. The average molecular weight is 186 g/mol. The number of furan rings is 1. The average Bonchev–Trinajstić information content (AvgIpc) is 2.70. The normalized spacial score (nSPS) is 10.1. The topological polar surface area (TPSA) is 30.2 Å². The standard InChI is InChI=1S/C12H10O2/c1-9-7-10(4-5-11(9)8-13)12-3-2-6-14-12/h2-8H,1H3. The molecule has 0 N–H and O–H groups in total. The summed E-state index contributed by atoms with van der Waals surface area (Å²) in [5, 5.41) is 0. The lowest BCUT2D eigenvalue weighted by Gasteiger charge is -2.01. The van der Waals surface area contributed by atoms with Crippen LogP contribution >= 0.6 is 0 Å². The molecule has 14 heavy (non-hydrogen) atoms. The van der Waals surface area contributed by atoms with Gasteiger partial charge in [-0.05, 0) is 30.7 Å². The summed E-state index contributed by atoms with van der Waals surface area (Å²) in [6.45, 7) is 1.91. The molecule has 0 aliphatic heterocycles. The van der Waals surface area contributed by atoms with Crippen molar-refractivity contribution >= 4 is 6.29 Å². The quantitative estimate of drug-likeness (QED) is 0.674. The van der Waals surface area contributed by atoms with Gasteiger partial charge in [0.1, 0.15) is 12.0 Å². The third-order valence-electron chi connectivity index (χ3n) is 2.20. The van der Waals surface area contributed by atoms with E-state index in [1.807, 2.05) is 31.2 Å². The van der Waals surface area contributed by atoms with Crippen LogP contribution in [0, 0.1) is 6.92 Å². The van der Waals surface area contributed by atoms with E-state index in [-0.39, 0.29) is 0 Å². The Kier molecular flexibility index (Phi) is 2.19. The highest BCUT2D eigenvalue weighted by Gasteiger charge is 2.02. The minimum Gasteiger partial charge on any atom is -0.464 e. The van der Waals surface area contributed by atoms with Gasteiger partial charge in [0.2, 0.25) is 0 Å². The molecule has 1 aromatic heterocycles. The molecule has 0 radical (unpaired) electrons. The van der Waals surface area contributed by atoms with Crippen molar-refractivity contribution in [2.75, 3.05) is 0 Å². The van der Waals surface area contributed by atoms with Crippen LogP contribution in [0.3, 0.4) is 0 Å². The number of rotatable bonds is 2. The van der Waals surface area contributed by atoms with Gasteiger partial charge in [-0.1, -0.05) is 12.1 Å². The zero-order valence-electron chi connectivity index (χ0n) is 7.86. The molecule has 0 aliphatic carbocycles. The molecule has 2 aromatic rings. The molecule has 0 fully saturated rings. The smallest absolute Gasteiger partial charge is 0.150 e. The predicted molar refractivity (Wildman–Crippen MR) is 54.3 cm³/mol. The number of hydrogen-bond donors (Lipinski definition) is 0. The molecule has 0 saturated carbocycles. The highest BCUT2D eigenvalue weighted by atomic mass is 16.3. The van der Waals surface area contributed by atoms with Crippen LogP contribution in [0.1, 0.15) is 15.9 Å². The monoisotopic (exact) mass is 186 g/mol. The molecule has 2 heteroatoms. The van der Waals surface area contributed by atoms with Crippen LogP contribution in [0.4, 0.5) is 0 Å². The molecule has 1 heterocycles. The molecule has 0 bridgehead atoms. The zero-order valence-corrected chi connectivity index (χ0v) is 7.86. The molecular weight excluding hydrogens is 176 g/mol. The van der Waals surface area contributed by atoms with E-state index in [4.69, 9.17) is 4.42 Å². The first-order valence-corrected chi connectivity index (χ1v) is 4.41. The second-order valence-electron chi connectivity index (χ2n) is 3.17. The van der Waals surface area contributed by atoms with Crippen molar-refractivity contribution < 1.29 is 9.21 Å². The van der Waals surface area contributed by atoms with E-state index in [2.05, 4.69) is 0 Å². The molecule has 70 valence electrons. The van der Waals surface area contributed by atoms with Gasteiger partial charge in [-0.25, -0.2) is 0 Å². The van der Waals surface area contributed by atoms with Gasteiger partial charge in [-0.15, -0.1) is 0 Å². The number of carbonyl (C=O) groups is 1. The molecule has 1 aromatic carbocycles. The van der Waals surface area contributed by atoms with Crippen LogP contribution < -0.4 is 0 Å². The number of benzene rings is 1. The van der Waals surface area contributed by atoms with Crippen molar-refractivity contribution in [1.82, 2.24) is 0 Å². The summed E-state index contributed by atoms with van der Waals surface area (Å²) in [4.78, 5) is 10.6. The Morgan fingerprint density at radius 3 is 2.71 bits per heavy atom. The summed E-state index contributed by atoms with van der Waals surface area (Å²) in [5.74, 6) is 0.825. The fraction of sp³-hybridized carbons (Fsp3) is 0.0833. The van der Waals surface area contributed by atoms with Crippen molar-refractivity contribution in [1.29, 1.82) is 0 Å². The molecule has 0 atom stereocenters. The zero-order chi connectivity index (χ0) is 9.97. The summed E-state index contributed by atoms with van der Waals surface area (Å²) < 4.78 is 5.26. The fourth-order valence-corrected chi connectivity index (χ4v) is 1.40. The number of carbonyl (C=O) groups excluding carboxylic acids is 1. The van der Waals surface area contributed by atoms with E-state index < -0.39 is 0 Å². The Morgan fingerprint density at radius 1 is 1.29 bits per heavy atom. The van der Waals surface area contributed by atoms with Crippen molar-refractivity contribution in [3.05, 3.63) is 47.7 Å². The van der Waals surface area contributed by atoms with Crippen LogP contribution in [-0.2, 0) is 0 Å². The lowest BCUT2D eigenvalue weighted by molar-refractivity contribution is 0.112. The van der Waals surface area contributed by atoms with E-state index in [0.29, 0.717) is 0 Å². The van der Waals surface area contributed by atoms with Crippen LogP contribution in [0.15, 0.2) is 41.0 Å². The number of aldehydes is 1. The first-order chi connectivity index (χ1) is 6.81. The van der Waals surface area contributed by atoms with E-state index in [9.17, 15) is 4.79 Å². The largest absolute Gasteiger partial charge is 0.464 e. The maximum atomic E-state index is 10.6. The van der Waals surface area contributed by atoms with Crippen LogP contribution in [0.5, 0.6) is 0 Å². The minimum atomic E-state index is 0.723. The molecule has 2 rings (SSSR count). The minimum absolute atomic E-state index is 0.723. The van der Waals surface area contributed by atoms with Crippen LogP contribution in [0.25, 0.3) is 11.3 Å². The summed E-state index contributed by atoms with van der Waals surface area (Å²) >= 11 is 0. The fourth-order valence-electron chi connectivity index (χ4n) is 1.40. The SMILES string of the molecule is Cc1cc(-c2ccco2)ccc1C=O. The lowest BCUT2D eigenvalue weighted by Crippen LogP contribution is -1.86. The highest BCUT2D eigenvalue weighted by molar-refractivity contribution is 5.78. The van der Waals surface area contributed by atoms with Crippen LogP contribution in [-0.4, -0.2) is 6.29 Å². The Balaban J connectivity index is 2.48. The van der Waals surface area contributed by atoms with Gasteiger partial charge in [0, 0.05) is 11.1 Å². The van der Waals surface area contributed by atoms with Gasteiger partial charge >= 0.3 is 0 Å². The van der Waals surface area contributed by atoms with Crippen molar-refractivity contribution in [2.45, 2.75) is 6.92 Å². The third kappa shape index (κ3) is 1.46. The maximum absolute atomic E-state index is 10.6. The molecule has 0 unspecified atom stereocenters. The Labute approximate surface area is 82.2 Å². The van der Waals surface area contributed by atoms with Crippen molar-refractivity contribution in [2.24, 2.45) is 0 Å². The van der Waals surface area contributed by atoms with E-state index in [1.54, 1.807) is 12.3 Å². The van der Waals surface area contributed by atoms with Crippen molar-refractivity contribution in [3.8, 4) is 11.3 Å². The van der Waals surface area contributed by atoms with Crippen molar-refractivity contribution in [3.63, 3.8) is 0 Å². The summed E-state index contributed by atoms with van der Waals surface area (Å²) in [6.07, 6.45) is 2.50. The lowest BCUT2D eigenvalue weighted by atomic mass is 10.0. The van der Waals surface area contributed by atoms with E-state index in [0.717, 1.165) is 28.7 Å². The molecule has 0 amide bonds. The Bertz CT molecular complexity index is 441. The second-order valence-corrected chi connectivity index (χ2v) is 3.17. The predicted octanol–water partition coefficient (Wildman–Crippen LogP) is 3.07. The van der Waals surface area contributed by atoms with E-state index in [1.165, 1.54) is 0 Å². The van der Waals surface area contributed by atoms with Gasteiger partial charge in [0.05, 0.1) is 6.26 Å². The Hall–Kier alpha value is -1.83. The van der Waals surface area contributed by atoms with Gasteiger partial charge in [0.15, 0.2) is 0 Å². The van der Waals surface area contributed by atoms with Gasteiger partial charge in [-0.3, -0.25) is 4.79 Å². The number of hydrogen-bond acceptors (Lipinski definition) is 2. The van der Waals surface area contributed by atoms with Crippen LogP contribution in [0.2, 0.25) is 0 Å². The molecule has 0 spiro atoms. The molecule has 0 aliphatic rings. The van der Waals surface area contributed by atoms with Gasteiger partial charge in [-0.2, -0.15) is 0 Å². The highest BCUT2D eigenvalue weighted by Crippen LogP contribution is 2.21. The summed E-state index contributed by atoms with van der Waals surface area (Å²) in [5.41, 5.74) is 2.69. The van der Waals surface area contributed by atoms with Gasteiger partial charge in [0.25, 0.3) is 0 Å². The molecule has 2 nitrogen and oxygen atoms in total. The second kappa shape index (κ2) is 3.50. The Morgan fingerprint density at radius 2 is 2.14 bits per heavy atom. The first kappa shape index (κ1) is 8.75.